The molecular weight excluding hydrogens is 394 g/mol. The van der Waals surface area contributed by atoms with Crippen molar-refractivity contribution < 1.29 is 23.8 Å². The SMILES string of the molecule is CCCCOC(=O)C1CC(=O)N1C(Cc1ccc(OC)cc1)Cc1ccc(OC)cc1. The number of carbonyl (C=O) groups is 2. The van der Waals surface area contributed by atoms with E-state index in [9.17, 15) is 9.59 Å². The maximum atomic E-state index is 12.6. The molecule has 2 aromatic rings. The van der Waals surface area contributed by atoms with E-state index in [-0.39, 0.29) is 24.3 Å². The van der Waals surface area contributed by atoms with Gasteiger partial charge in [-0.15, -0.1) is 0 Å². The van der Waals surface area contributed by atoms with Crippen molar-refractivity contribution in [3.63, 3.8) is 0 Å². The lowest BCUT2D eigenvalue weighted by Crippen LogP contribution is -2.62. The Morgan fingerprint density at radius 1 is 0.968 bits per heavy atom. The number of unbranched alkanes of at least 4 members (excludes halogenated alkanes) is 1. The van der Waals surface area contributed by atoms with Crippen LogP contribution in [0.15, 0.2) is 48.5 Å². The molecule has 2 aromatic carbocycles. The van der Waals surface area contributed by atoms with Crippen molar-refractivity contribution in [2.24, 2.45) is 0 Å². The molecule has 0 bridgehead atoms. The second-order valence-electron chi connectivity index (χ2n) is 7.80. The maximum Gasteiger partial charge on any atom is 0.329 e. The molecule has 0 N–H and O–H groups in total. The van der Waals surface area contributed by atoms with Crippen LogP contribution in [0.1, 0.15) is 37.3 Å². The predicted molar refractivity (Wildman–Crippen MR) is 118 cm³/mol. The number of ether oxygens (including phenoxy) is 3. The highest BCUT2D eigenvalue weighted by Gasteiger charge is 2.45. The van der Waals surface area contributed by atoms with E-state index in [4.69, 9.17) is 14.2 Å². The lowest BCUT2D eigenvalue weighted by molar-refractivity contribution is -0.169. The second kappa shape index (κ2) is 10.8. The molecule has 1 heterocycles. The van der Waals surface area contributed by atoms with Crippen LogP contribution in [0.2, 0.25) is 0 Å². The van der Waals surface area contributed by atoms with Gasteiger partial charge in [-0.25, -0.2) is 4.79 Å². The number of hydrogen-bond acceptors (Lipinski definition) is 5. The van der Waals surface area contributed by atoms with Gasteiger partial charge < -0.3 is 19.1 Å². The number of esters is 1. The van der Waals surface area contributed by atoms with Crippen molar-refractivity contribution in [3.8, 4) is 11.5 Å². The zero-order valence-electron chi connectivity index (χ0n) is 18.5. The molecule has 6 heteroatoms. The molecule has 1 saturated heterocycles. The largest absolute Gasteiger partial charge is 0.497 e. The number of hydrogen-bond donors (Lipinski definition) is 0. The van der Waals surface area contributed by atoms with Crippen LogP contribution >= 0.6 is 0 Å². The van der Waals surface area contributed by atoms with Gasteiger partial charge in [0.05, 0.1) is 27.2 Å². The Kier molecular flexibility index (Phi) is 7.93. The van der Waals surface area contributed by atoms with Crippen molar-refractivity contribution in [3.05, 3.63) is 59.7 Å². The van der Waals surface area contributed by atoms with E-state index >= 15 is 0 Å². The Labute approximate surface area is 184 Å². The normalized spacial score (nSPS) is 15.5. The summed E-state index contributed by atoms with van der Waals surface area (Å²) in [5.41, 5.74) is 2.16. The Morgan fingerprint density at radius 2 is 1.48 bits per heavy atom. The lowest BCUT2D eigenvalue weighted by atomic mass is 9.91. The smallest absolute Gasteiger partial charge is 0.329 e. The van der Waals surface area contributed by atoms with Crippen LogP contribution in [-0.4, -0.2) is 49.7 Å². The first-order valence-electron chi connectivity index (χ1n) is 10.8. The van der Waals surface area contributed by atoms with Crippen LogP contribution in [0, 0.1) is 0 Å². The Hall–Kier alpha value is -3.02. The van der Waals surface area contributed by atoms with Crippen LogP contribution in [-0.2, 0) is 27.2 Å². The lowest BCUT2D eigenvalue weighted by Gasteiger charge is -2.44. The summed E-state index contributed by atoms with van der Waals surface area (Å²) >= 11 is 0. The molecule has 31 heavy (non-hydrogen) atoms. The molecular formula is C25H31NO5. The summed E-state index contributed by atoms with van der Waals surface area (Å²) in [6.45, 7) is 2.45. The molecule has 166 valence electrons. The summed E-state index contributed by atoms with van der Waals surface area (Å²) < 4.78 is 15.9. The summed E-state index contributed by atoms with van der Waals surface area (Å²) in [6.07, 6.45) is 3.28. The molecule has 1 amide bonds. The van der Waals surface area contributed by atoms with E-state index in [1.54, 1.807) is 19.1 Å². The molecule has 1 aliphatic rings. The zero-order chi connectivity index (χ0) is 22.2. The van der Waals surface area contributed by atoms with E-state index in [0.29, 0.717) is 19.4 Å². The molecule has 0 aromatic heterocycles. The minimum Gasteiger partial charge on any atom is -0.497 e. The standard InChI is InChI=1S/C25H31NO5/c1-4-5-14-31-25(28)23-17-24(27)26(23)20(15-18-6-10-21(29-2)11-7-18)16-19-8-12-22(30-3)13-9-19/h6-13,20,23H,4-5,14-17H2,1-3H3. The van der Waals surface area contributed by atoms with Gasteiger partial charge in [-0.3, -0.25) is 4.79 Å². The highest BCUT2D eigenvalue weighted by molar-refractivity contribution is 5.95. The quantitative estimate of drug-likeness (QED) is 0.311. The number of amides is 1. The fraction of sp³-hybridized carbons (Fsp3) is 0.440. The van der Waals surface area contributed by atoms with E-state index in [2.05, 4.69) is 0 Å². The summed E-state index contributed by atoms with van der Waals surface area (Å²) in [6, 6.07) is 15.0. The predicted octanol–water partition coefficient (Wildman–Crippen LogP) is 3.80. The third-order valence-electron chi connectivity index (χ3n) is 5.66. The number of nitrogens with zero attached hydrogens (tertiary/aromatic N) is 1. The minimum absolute atomic E-state index is 0.00975. The van der Waals surface area contributed by atoms with E-state index in [1.165, 1.54) is 0 Å². The summed E-state index contributed by atoms with van der Waals surface area (Å²) in [7, 11) is 3.27. The first-order valence-corrected chi connectivity index (χ1v) is 10.8. The number of likely N-dealkylation sites (tertiary alicyclic amines) is 1. The van der Waals surface area contributed by atoms with Gasteiger partial charge in [-0.05, 0) is 54.7 Å². The monoisotopic (exact) mass is 425 g/mol. The van der Waals surface area contributed by atoms with Gasteiger partial charge >= 0.3 is 5.97 Å². The molecule has 3 rings (SSSR count). The fourth-order valence-electron chi connectivity index (χ4n) is 3.84. The summed E-state index contributed by atoms with van der Waals surface area (Å²) in [4.78, 5) is 26.9. The highest BCUT2D eigenvalue weighted by atomic mass is 16.5. The molecule has 1 fully saturated rings. The average Bonchev–Trinajstić information content (AvgIpc) is 2.78. The van der Waals surface area contributed by atoms with Crippen LogP contribution in [0.5, 0.6) is 11.5 Å². The van der Waals surface area contributed by atoms with Crippen molar-refractivity contribution in [1.29, 1.82) is 0 Å². The number of methoxy groups -OCH3 is 2. The van der Waals surface area contributed by atoms with Gasteiger partial charge in [0.15, 0.2) is 0 Å². The van der Waals surface area contributed by atoms with E-state index < -0.39 is 6.04 Å². The maximum absolute atomic E-state index is 12.6. The van der Waals surface area contributed by atoms with E-state index in [0.717, 1.165) is 35.5 Å². The molecule has 1 unspecified atom stereocenters. The van der Waals surface area contributed by atoms with Crippen LogP contribution in [0.25, 0.3) is 0 Å². The molecule has 0 saturated carbocycles. The van der Waals surface area contributed by atoms with Gasteiger partial charge in [0.2, 0.25) is 5.91 Å². The topological polar surface area (TPSA) is 65.1 Å². The summed E-state index contributed by atoms with van der Waals surface area (Å²) in [5, 5.41) is 0. The van der Waals surface area contributed by atoms with Crippen molar-refractivity contribution in [1.82, 2.24) is 4.90 Å². The molecule has 6 nitrogen and oxygen atoms in total. The Bertz CT molecular complexity index is 813. The van der Waals surface area contributed by atoms with Gasteiger partial charge in [0.1, 0.15) is 17.5 Å². The van der Waals surface area contributed by atoms with Gasteiger partial charge in [0.25, 0.3) is 0 Å². The average molecular weight is 426 g/mol. The first-order chi connectivity index (χ1) is 15.0. The van der Waals surface area contributed by atoms with Crippen LogP contribution in [0.4, 0.5) is 0 Å². The van der Waals surface area contributed by atoms with Crippen molar-refractivity contribution >= 4 is 11.9 Å². The third kappa shape index (κ3) is 5.78. The Balaban J connectivity index is 1.78. The van der Waals surface area contributed by atoms with Crippen molar-refractivity contribution in [2.45, 2.75) is 51.1 Å². The third-order valence-corrected chi connectivity index (χ3v) is 5.66. The van der Waals surface area contributed by atoms with Gasteiger partial charge in [-0.1, -0.05) is 37.6 Å². The molecule has 0 radical (unpaired) electrons. The number of β-lactam (4-membered cyclic amide) rings is 1. The van der Waals surface area contributed by atoms with Crippen LogP contribution in [0.3, 0.4) is 0 Å². The van der Waals surface area contributed by atoms with Gasteiger partial charge in [-0.2, -0.15) is 0 Å². The molecule has 1 atom stereocenters. The summed E-state index contributed by atoms with van der Waals surface area (Å²) in [5.74, 6) is 1.26. The van der Waals surface area contributed by atoms with E-state index in [1.807, 2.05) is 55.5 Å². The highest BCUT2D eigenvalue weighted by Crippen LogP contribution is 2.28. The molecule has 1 aliphatic heterocycles. The zero-order valence-corrected chi connectivity index (χ0v) is 18.5. The minimum atomic E-state index is -0.508. The Morgan fingerprint density at radius 3 is 1.90 bits per heavy atom. The fourth-order valence-corrected chi connectivity index (χ4v) is 3.84. The number of carbonyl (C=O) groups excluding carboxylic acids is 2. The first kappa shape index (κ1) is 22.7. The number of rotatable bonds is 11. The second-order valence-corrected chi connectivity index (χ2v) is 7.80. The van der Waals surface area contributed by atoms with Crippen molar-refractivity contribution in [2.75, 3.05) is 20.8 Å². The molecule has 0 spiro atoms. The molecule has 0 aliphatic carbocycles. The van der Waals surface area contributed by atoms with Crippen LogP contribution < -0.4 is 9.47 Å². The van der Waals surface area contributed by atoms with Gasteiger partial charge in [0, 0.05) is 6.04 Å². The number of benzene rings is 2.